The van der Waals surface area contributed by atoms with Crippen molar-refractivity contribution in [3.63, 3.8) is 0 Å². The maximum Gasteiger partial charge on any atom is 0.416 e. The number of nitrogens with one attached hydrogen (secondary N) is 2. The molecule has 20 heteroatoms. The number of halogens is 6. The van der Waals surface area contributed by atoms with Crippen LogP contribution in [0.1, 0.15) is 119 Å². The zero-order chi connectivity index (χ0) is 52.3. The van der Waals surface area contributed by atoms with Crippen molar-refractivity contribution in [3.05, 3.63) is 155 Å². The van der Waals surface area contributed by atoms with E-state index < -0.39 is 35.4 Å². The highest BCUT2D eigenvalue weighted by atomic mass is 19.4. The number of benzene rings is 2. The minimum atomic E-state index is -4.39. The molecule has 0 unspecified atom stereocenters. The SMILES string of the molecule is CCC[C@@H](Cc1ccc(C(=O)NCCC(=O)OC)cn1)c1cnc(-c2ccc(C(F)(F)F)cc2)nc1.CCC[C@H](Cc1ccc(C(=O)NCCC(=O)OC)cn1)c1cnc(-c2ccc(C(F)(F)F)cc2)nc1. The lowest BCUT2D eigenvalue weighted by molar-refractivity contribution is -0.141. The van der Waals surface area contributed by atoms with Crippen molar-refractivity contribution >= 4 is 23.8 Å². The first-order chi connectivity index (χ1) is 34.4. The Morgan fingerprint density at radius 3 is 1.12 bits per heavy atom. The number of methoxy groups -OCH3 is 2. The Bertz CT molecular complexity index is 2480. The second-order valence-corrected chi connectivity index (χ2v) is 16.5. The molecule has 0 fully saturated rings. The van der Waals surface area contributed by atoms with Gasteiger partial charge in [0.15, 0.2) is 11.6 Å². The molecule has 72 heavy (non-hydrogen) atoms. The van der Waals surface area contributed by atoms with Gasteiger partial charge in [-0.05, 0) is 97.2 Å². The first kappa shape index (κ1) is 55.3. The standard InChI is InChI=1S/2C26H27F3N4O3/c2*1-3-4-18(13-22-10-7-19(14-31-22)25(35)30-12-11-23(34)36-2)20-15-32-24(33-16-20)17-5-8-21(9-6-17)26(27,28)29/h2*5-10,14-16,18H,3-4,11-13H2,1-2H3,(H,30,35)/t2*18-/m10/s1. The predicted molar refractivity (Wildman–Crippen MR) is 254 cm³/mol. The fourth-order valence-electron chi connectivity index (χ4n) is 7.31. The number of carbonyl (C=O) groups is 4. The third kappa shape index (κ3) is 16.8. The largest absolute Gasteiger partial charge is 0.469 e. The van der Waals surface area contributed by atoms with Gasteiger partial charge in [0, 0.05) is 72.8 Å². The number of hydrogen-bond donors (Lipinski definition) is 2. The minimum absolute atomic E-state index is 0.0869. The molecule has 380 valence electrons. The first-order valence-electron chi connectivity index (χ1n) is 23.0. The van der Waals surface area contributed by atoms with E-state index in [9.17, 15) is 45.5 Å². The molecule has 0 aliphatic rings. The average molecular weight is 1000 g/mol. The van der Waals surface area contributed by atoms with Gasteiger partial charge in [0.25, 0.3) is 11.8 Å². The molecule has 0 bridgehead atoms. The number of rotatable bonds is 20. The number of aromatic nitrogens is 6. The molecule has 6 rings (SSSR count). The Hall–Kier alpha value is -7.64. The van der Waals surface area contributed by atoms with Crippen LogP contribution in [0.4, 0.5) is 26.3 Å². The van der Waals surface area contributed by atoms with Crippen molar-refractivity contribution in [2.45, 2.75) is 89.4 Å². The molecular weight excluding hydrogens is 947 g/mol. The van der Waals surface area contributed by atoms with E-state index >= 15 is 0 Å². The molecule has 14 nitrogen and oxygen atoms in total. The van der Waals surface area contributed by atoms with Crippen molar-refractivity contribution in [1.82, 2.24) is 40.5 Å². The summed E-state index contributed by atoms with van der Waals surface area (Å²) in [5, 5.41) is 5.30. The molecular formula is C52H54F6N8O6. The van der Waals surface area contributed by atoms with Crippen LogP contribution in [0, 0.1) is 0 Å². The minimum Gasteiger partial charge on any atom is -0.469 e. The van der Waals surface area contributed by atoms with Gasteiger partial charge in [-0.1, -0.05) is 51.0 Å². The van der Waals surface area contributed by atoms with Crippen molar-refractivity contribution < 1.29 is 55.0 Å². The van der Waals surface area contributed by atoms with Gasteiger partial charge in [-0.15, -0.1) is 0 Å². The lowest BCUT2D eigenvalue weighted by Crippen LogP contribution is -2.26. The van der Waals surface area contributed by atoms with Crippen molar-refractivity contribution in [1.29, 1.82) is 0 Å². The zero-order valence-corrected chi connectivity index (χ0v) is 40.0. The van der Waals surface area contributed by atoms with E-state index in [0.717, 1.165) is 72.5 Å². The first-order valence-corrected chi connectivity index (χ1v) is 23.0. The quantitative estimate of drug-likeness (QED) is 0.0545. The van der Waals surface area contributed by atoms with Crippen LogP contribution in [0.5, 0.6) is 0 Å². The van der Waals surface area contributed by atoms with Gasteiger partial charge in [0.05, 0.1) is 49.3 Å². The smallest absolute Gasteiger partial charge is 0.416 e. The van der Waals surface area contributed by atoms with Crippen LogP contribution in [-0.2, 0) is 44.3 Å². The highest BCUT2D eigenvalue weighted by Crippen LogP contribution is 2.33. The van der Waals surface area contributed by atoms with Gasteiger partial charge in [-0.3, -0.25) is 29.1 Å². The van der Waals surface area contributed by atoms with Gasteiger partial charge < -0.3 is 20.1 Å². The molecule has 2 atom stereocenters. The van der Waals surface area contributed by atoms with Crippen molar-refractivity contribution in [3.8, 4) is 22.8 Å². The number of hydrogen-bond acceptors (Lipinski definition) is 12. The summed E-state index contributed by atoms with van der Waals surface area (Å²) < 4.78 is 85.8. The fourth-order valence-corrected chi connectivity index (χ4v) is 7.31. The maximum atomic E-state index is 12.8. The maximum absolute atomic E-state index is 12.8. The van der Waals surface area contributed by atoms with Crippen LogP contribution >= 0.6 is 0 Å². The molecule has 0 aliphatic carbocycles. The molecule has 2 aromatic carbocycles. The zero-order valence-electron chi connectivity index (χ0n) is 40.0. The number of carbonyl (C=O) groups excluding carboxylic acids is 4. The average Bonchev–Trinajstić information content (AvgIpc) is 3.38. The lowest BCUT2D eigenvalue weighted by atomic mass is 9.91. The molecule has 0 aliphatic heterocycles. The number of amides is 2. The number of nitrogens with zero attached hydrogens (tertiary/aromatic N) is 6. The lowest BCUT2D eigenvalue weighted by Gasteiger charge is -2.16. The molecule has 4 heterocycles. The third-order valence-corrected chi connectivity index (χ3v) is 11.3. The second kappa shape index (κ2) is 26.5. The Morgan fingerprint density at radius 1 is 0.500 bits per heavy atom. The van der Waals surface area contributed by atoms with Gasteiger partial charge in [0.2, 0.25) is 0 Å². The second-order valence-electron chi connectivity index (χ2n) is 16.5. The normalized spacial score (nSPS) is 12.1. The molecule has 2 amide bonds. The van der Waals surface area contributed by atoms with Gasteiger partial charge in [-0.2, -0.15) is 26.3 Å². The number of ether oxygens (including phenoxy) is 2. The molecule has 0 radical (unpaired) electrons. The van der Waals surface area contributed by atoms with E-state index in [0.29, 0.717) is 46.7 Å². The molecule has 0 saturated carbocycles. The monoisotopic (exact) mass is 1000 g/mol. The topological polar surface area (TPSA) is 188 Å². The highest BCUT2D eigenvalue weighted by molar-refractivity contribution is 5.94. The third-order valence-electron chi connectivity index (χ3n) is 11.3. The van der Waals surface area contributed by atoms with Gasteiger partial charge in [0.1, 0.15) is 0 Å². The highest BCUT2D eigenvalue weighted by Gasteiger charge is 2.31. The van der Waals surface area contributed by atoms with Crippen LogP contribution < -0.4 is 10.6 Å². The fraction of sp³-hybridized carbons (Fsp3) is 0.346. The summed E-state index contributed by atoms with van der Waals surface area (Å²) in [5.74, 6) is -0.575. The van der Waals surface area contributed by atoms with E-state index in [2.05, 4.69) is 63.9 Å². The van der Waals surface area contributed by atoms with Crippen LogP contribution in [0.3, 0.4) is 0 Å². The van der Waals surface area contributed by atoms with Gasteiger partial charge >= 0.3 is 24.3 Å². The number of alkyl halides is 6. The van der Waals surface area contributed by atoms with Gasteiger partial charge in [-0.25, -0.2) is 19.9 Å². The van der Waals surface area contributed by atoms with Crippen LogP contribution in [0.25, 0.3) is 22.8 Å². The Labute approximate surface area is 412 Å². The molecule has 6 aromatic rings. The van der Waals surface area contributed by atoms with Crippen molar-refractivity contribution in [2.75, 3.05) is 27.3 Å². The van der Waals surface area contributed by atoms with Crippen molar-refractivity contribution in [2.24, 2.45) is 0 Å². The van der Waals surface area contributed by atoms with E-state index in [4.69, 9.17) is 0 Å². The molecule has 4 aromatic heterocycles. The van der Waals surface area contributed by atoms with Crippen LogP contribution in [0.2, 0.25) is 0 Å². The summed E-state index contributed by atoms with van der Waals surface area (Å²) in [5.41, 5.74) is 3.74. The summed E-state index contributed by atoms with van der Waals surface area (Å²) in [4.78, 5) is 73.0. The van der Waals surface area contributed by atoms with Crippen LogP contribution in [0.15, 0.2) is 110 Å². The summed E-state index contributed by atoms with van der Waals surface area (Å²) in [6.45, 7) is 4.49. The Morgan fingerprint density at radius 2 is 0.847 bits per heavy atom. The van der Waals surface area contributed by atoms with E-state index in [1.54, 1.807) is 49.1 Å². The number of pyridine rings is 2. The summed E-state index contributed by atoms with van der Waals surface area (Å²) >= 11 is 0. The summed E-state index contributed by atoms with van der Waals surface area (Å²) in [7, 11) is 2.58. The van der Waals surface area contributed by atoms with E-state index in [1.165, 1.54) is 50.9 Å². The predicted octanol–water partition coefficient (Wildman–Crippen LogP) is 9.95. The summed E-state index contributed by atoms with van der Waals surface area (Å²) in [6.07, 6.45) is 5.97. The molecule has 2 N–H and O–H groups in total. The molecule has 0 saturated heterocycles. The van der Waals surface area contributed by atoms with Crippen LogP contribution in [-0.4, -0.2) is 81.0 Å². The van der Waals surface area contributed by atoms with E-state index in [1.807, 2.05) is 0 Å². The summed E-state index contributed by atoms with van der Waals surface area (Å²) in [6, 6.07) is 16.4. The Balaban J connectivity index is 0.000000267. The molecule has 0 spiro atoms. The Kier molecular flexibility index (Phi) is 20.4. The van der Waals surface area contributed by atoms with E-state index in [-0.39, 0.29) is 49.6 Å². The number of esters is 2.